The molecule has 0 aliphatic rings. The highest BCUT2D eigenvalue weighted by Crippen LogP contribution is 2.22. The second kappa shape index (κ2) is 8.53. The van der Waals surface area contributed by atoms with Crippen LogP contribution in [0.4, 0.5) is 0 Å². The van der Waals surface area contributed by atoms with E-state index in [0.717, 1.165) is 17.7 Å². The molecule has 2 atom stereocenters. The fourth-order valence-corrected chi connectivity index (χ4v) is 3.07. The van der Waals surface area contributed by atoms with Crippen molar-refractivity contribution in [3.8, 4) is 5.75 Å². The summed E-state index contributed by atoms with van der Waals surface area (Å²) < 4.78 is 5.24. The van der Waals surface area contributed by atoms with E-state index in [1.165, 1.54) is 11.1 Å². The summed E-state index contributed by atoms with van der Waals surface area (Å²) in [6.45, 7) is 6.24. The molecule has 0 bridgehead atoms. The van der Waals surface area contributed by atoms with Crippen molar-refractivity contribution in [3.63, 3.8) is 0 Å². The molecule has 0 spiro atoms. The summed E-state index contributed by atoms with van der Waals surface area (Å²) in [6.07, 6.45) is 1.30. The number of nitrogens with one attached hydrogen (secondary N) is 1. The highest BCUT2D eigenvalue weighted by Gasteiger charge is 2.15. The maximum atomic E-state index is 12.3. The number of benzene rings is 2. The molecule has 1 N–H and O–H groups in total. The molecule has 0 saturated carbocycles. The molecule has 3 nitrogen and oxygen atoms in total. The fourth-order valence-electron chi connectivity index (χ4n) is 3.07. The molecule has 0 fully saturated rings. The van der Waals surface area contributed by atoms with Gasteiger partial charge in [0.1, 0.15) is 5.75 Å². The van der Waals surface area contributed by atoms with Gasteiger partial charge in [0.05, 0.1) is 7.11 Å². The van der Waals surface area contributed by atoms with E-state index in [4.69, 9.17) is 4.74 Å². The molecule has 2 rings (SSSR count). The number of hydrogen-bond acceptors (Lipinski definition) is 2. The summed E-state index contributed by atoms with van der Waals surface area (Å²) in [5.74, 6) is 1.16. The number of methoxy groups -OCH3 is 1. The Morgan fingerprint density at radius 3 is 2.58 bits per heavy atom. The van der Waals surface area contributed by atoms with E-state index in [1.54, 1.807) is 7.11 Å². The molecule has 2 unspecified atom stereocenters. The molecule has 2 aromatic rings. The molecule has 0 saturated heterocycles. The van der Waals surface area contributed by atoms with Gasteiger partial charge >= 0.3 is 0 Å². The number of amides is 1. The van der Waals surface area contributed by atoms with Crippen LogP contribution in [0.3, 0.4) is 0 Å². The normalized spacial score (nSPS) is 13.2. The van der Waals surface area contributed by atoms with Gasteiger partial charge in [-0.1, -0.05) is 43.3 Å². The third kappa shape index (κ3) is 5.12. The van der Waals surface area contributed by atoms with Crippen molar-refractivity contribution in [2.75, 3.05) is 7.11 Å². The number of ether oxygens (including phenoxy) is 1. The lowest BCUT2D eigenvalue weighted by atomic mass is 9.93. The van der Waals surface area contributed by atoms with Gasteiger partial charge in [-0.2, -0.15) is 0 Å². The predicted molar refractivity (Wildman–Crippen MR) is 98.5 cm³/mol. The van der Waals surface area contributed by atoms with Crippen LogP contribution >= 0.6 is 0 Å². The van der Waals surface area contributed by atoms with Gasteiger partial charge in [0.2, 0.25) is 5.91 Å². The Morgan fingerprint density at radius 1 is 1.12 bits per heavy atom. The van der Waals surface area contributed by atoms with Gasteiger partial charge in [-0.15, -0.1) is 0 Å². The Bertz CT molecular complexity index is 681. The van der Waals surface area contributed by atoms with E-state index in [1.807, 2.05) is 37.3 Å². The molecule has 128 valence electrons. The molecule has 0 aliphatic heterocycles. The van der Waals surface area contributed by atoms with Gasteiger partial charge in [-0.05, 0) is 55.0 Å². The molecular formula is C21H27NO2. The van der Waals surface area contributed by atoms with Crippen LogP contribution in [0.1, 0.15) is 42.9 Å². The standard InChI is InChI=1S/C21H27NO2/c1-15-8-5-6-11-20(15)16(2)12-21(23)22-17(3)13-18-9-7-10-19(14-18)24-4/h5-11,14,16-17H,12-13H2,1-4H3,(H,22,23). The van der Waals surface area contributed by atoms with Gasteiger partial charge in [0, 0.05) is 12.5 Å². The van der Waals surface area contributed by atoms with Crippen molar-refractivity contribution >= 4 is 5.91 Å². The van der Waals surface area contributed by atoms with E-state index in [-0.39, 0.29) is 17.9 Å². The van der Waals surface area contributed by atoms with E-state index < -0.39 is 0 Å². The van der Waals surface area contributed by atoms with E-state index in [9.17, 15) is 4.79 Å². The summed E-state index contributed by atoms with van der Waals surface area (Å²) in [5.41, 5.74) is 3.64. The first-order valence-corrected chi connectivity index (χ1v) is 8.47. The van der Waals surface area contributed by atoms with Gasteiger partial charge in [0.25, 0.3) is 0 Å². The lowest BCUT2D eigenvalue weighted by Crippen LogP contribution is -2.34. The van der Waals surface area contributed by atoms with Crippen LogP contribution in [-0.2, 0) is 11.2 Å². The average molecular weight is 325 g/mol. The maximum absolute atomic E-state index is 12.3. The molecule has 0 aromatic heterocycles. The first-order valence-electron chi connectivity index (χ1n) is 8.47. The molecule has 1 amide bonds. The molecule has 3 heteroatoms. The Kier molecular flexibility index (Phi) is 6.42. The van der Waals surface area contributed by atoms with Crippen molar-refractivity contribution < 1.29 is 9.53 Å². The second-order valence-electron chi connectivity index (χ2n) is 6.49. The van der Waals surface area contributed by atoms with Crippen LogP contribution in [0, 0.1) is 6.92 Å². The SMILES string of the molecule is COc1cccc(CC(C)NC(=O)CC(C)c2ccccc2C)c1. The predicted octanol–water partition coefficient (Wildman–Crippen LogP) is 4.24. The number of aryl methyl sites for hydroxylation is 1. The number of hydrogen-bond donors (Lipinski definition) is 1. The van der Waals surface area contributed by atoms with Crippen molar-refractivity contribution in [2.24, 2.45) is 0 Å². The zero-order chi connectivity index (χ0) is 17.5. The molecule has 2 aromatic carbocycles. The average Bonchev–Trinajstić information content (AvgIpc) is 2.55. The highest BCUT2D eigenvalue weighted by atomic mass is 16.5. The summed E-state index contributed by atoms with van der Waals surface area (Å²) in [7, 11) is 1.66. The molecule has 0 heterocycles. The zero-order valence-electron chi connectivity index (χ0n) is 15.0. The number of rotatable bonds is 7. The topological polar surface area (TPSA) is 38.3 Å². The lowest BCUT2D eigenvalue weighted by molar-refractivity contribution is -0.122. The minimum Gasteiger partial charge on any atom is -0.497 e. The summed E-state index contributed by atoms with van der Waals surface area (Å²) >= 11 is 0. The summed E-state index contributed by atoms with van der Waals surface area (Å²) in [6, 6.07) is 16.3. The van der Waals surface area contributed by atoms with Gasteiger partial charge in [-0.3, -0.25) is 4.79 Å². The Morgan fingerprint density at radius 2 is 1.88 bits per heavy atom. The monoisotopic (exact) mass is 325 g/mol. The van der Waals surface area contributed by atoms with Crippen molar-refractivity contribution in [1.82, 2.24) is 5.32 Å². The number of carbonyl (C=O) groups excluding carboxylic acids is 1. The smallest absolute Gasteiger partial charge is 0.220 e. The third-order valence-electron chi connectivity index (χ3n) is 4.29. The van der Waals surface area contributed by atoms with Crippen LogP contribution in [0.25, 0.3) is 0 Å². The van der Waals surface area contributed by atoms with Crippen LogP contribution in [0.5, 0.6) is 5.75 Å². The van der Waals surface area contributed by atoms with Crippen molar-refractivity contribution in [3.05, 3.63) is 65.2 Å². The Balaban J connectivity index is 1.88. The molecule has 0 radical (unpaired) electrons. The van der Waals surface area contributed by atoms with Crippen LogP contribution in [-0.4, -0.2) is 19.1 Å². The minimum absolute atomic E-state index is 0.0914. The quantitative estimate of drug-likeness (QED) is 0.826. The van der Waals surface area contributed by atoms with Crippen LogP contribution in [0.2, 0.25) is 0 Å². The van der Waals surface area contributed by atoms with E-state index in [2.05, 4.69) is 37.4 Å². The second-order valence-corrected chi connectivity index (χ2v) is 6.49. The number of carbonyl (C=O) groups is 1. The lowest BCUT2D eigenvalue weighted by Gasteiger charge is -2.18. The molecule has 0 aliphatic carbocycles. The zero-order valence-corrected chi connectivity index (χ0v) is 15.0. The minimum atomic E-state index is 0.0914. The first kappa shape index (κ1) is 18.1. The third-order valence-corrected chi connectivity index (χ3v) is 4.29. The first-order chi connectivity index (χ1) is 11.5. The van der Waals surface area contributed by atoms with Gasteiger partial charge in [0.15, 0.2) is 0 Å². The van der Waals surface area contributed by atoms with Gasteiger partial charge < -0.3 is 10.1 Å². The summed E-state index contributed by atoms with van der Waals surface area (Å²) in [5, 5.41) is 3.11. The van der Waals surface area contributed by atoms with E-state index in [0.29, 0.717) is 6.42 Å². The van der Waals surface area contributed by atoms with Crippen molar-refractivity contribution in [1.29, 1.82) is 0 Å². The fraction of sp³-hybridized carbons (Fsp3) is 0.381. The van der Waals surface area contributed by atoms with Gasteiger partial charge in [-0.25, -0.2) is 0 Å². The largest absolute Gasteiger partial charge is 0.497 e. The van der Waals surface area contributed by atoms with E-state index >= 15 is 0 Å². The molecular weight excluding hydrogens is 298 g/mol. The Hall–Kier alpha value is -2.29. The maximum Gasteiger partial charge on any atom is 0.220 e. The van der Waals surface area contributed by atoms with Crippen molar-refractivity contribution in [2.45, 2.75) is 45.6 Å². The van der Waals surface area contributed by atoms with Crippen LogP contribution < -0.4 is 10.1 Å². The highest BCUT2D eigenvalue weighted by molar-refractivity contribution is 5.77. The molecule has 24 heavy (non-hydrogen) atoms. The Labute approximate surface area is 145 Å². The summed E-state index contributed by atoms with van der Waals surface area (Å²) in [4.78, 5) is 12.3. The van der Waals surface area contributed by atoms with Crippen LogP contribution in [0.15, 0.2) is 48.5 Å².